The molecule has 0 aromatic rings. The van der Waals surface area contributed by atoms with E-state index < -0.39 is 0 Å². The molecule has 0 amide bonds. The number of aliphatic hydroxyl groups excluding tert-OH is 1. The minimum Gasteiger partial charge on any atom is -0.392 e. The lowest BCUT2D eigenvalue weighted by atomic mass is 9.73. The van der Waals surface area contributed by atoms with E-state index in [4.69, 9.17) is 4.74 Å². The molecule has 2 nitrogen and oxygen atoms in total. The molecule has 0 aromatic heterocycles. The van der Waals surface area contributed by atoms with Gasteiger partial charge in [-0.1, -0.05) is 26.7 Å². The van der Waals surface area contributed by atoms with Crippen LogP contribution in [0.2, 0.25) is 0 Å². The predicted molar refractivity (Wildman–Crippen MR) is 62.9 cm³/mol. The SMILES string of the molecule is CCC1(C(O)C(C)CCOC)CCCC1. The van der Waals surface area contributed by atoms with Crippen LogP contribution in [-0.2, 0) is 4.74 Å². The van der Waals surface area contributed by atoms with Crippen molar-refractivity contribution in [1.29, 1.82) is 0 Å². The molecule has 0 aliphatic heterocycles. The number of hydrogen-bond donors (Lipinski definition) is 1. The van der Waals surface area contributed by atoms with Crippen molar-refractivity contribution in [2.75, 3.05) is 13.7 Å². The molecular formula is C13H26O2. The molecule has 2 heteroatoms. The van der Waals surface area contributed by atoms with Gasteiger partial charge in [0, 0.05) is 13.7 Å². The van der Waals surface area contributed by atoms with E-state index in [1.807, 2.05) is 0 Å². The van der Waals surface area contributed by atoms with Crippen LogP contribution in [0, 0.1) is 11.3 Å². The van der Waals surface area contributed by atoms with Gasteiger partial charge in [-0.15, -0.1) is 0 Å². The molecule has 0 bridgehead atoms. The topological polar surface area (TPSA) is 29.5 Å². The monoisotopic (exact) mass is 214 g/mol. The molecule has 1 aliphatic carbocycles. The molecular weight excluding hydrogens is 188 g/mol. The summed E-state index contributed by atoms with van der Waals surface area (Å²) in [6.07, 6.45) is 6.96. The number of hydrogen-bond acceptors (Lipinski definition) is 2. The van der Waals surface area contributed by atoms with Crippen molar-refractivity contribution < 1.29 is 9.84 Å². The molecule has 0 radical (unpaired) electrons. The Kier molecular flexibility index (Phi) is 5.07. The fourth-order valence-electron chi connectivity index (χ4n) is 3.00. The summed E-state index contributed by atoms with van der Waals surface area (Å²) in [6.45, 7) is 5.13. The van der Waals surface area contributed by atoms with Crippen molar-refractivity contribution in [3.63, 3.8) is 0 Å². The average Bonchev–Trinajstić information content (AvgIpc) is 2.74. The highest BCUT2D eigenvalue weighted by atomic mass is 16.5. The second-order valence-corrected chi connectivity index (χ2v) is 5.13. The zero-order valence-electron chi connectivity index (χ0n) is 10.5. The molecule has 0 spiro atoms. The molecule has 1 N–H and O–H groups in total. The Labute approximate surface area is 94.0 Å². The van der Waals surface area contributed by atoms with Gasteiger partial charge in [0.15, 0.2) is 0 Å². The summed E-state index contributed by atoms with van der Waals surface area (Å²) in [5, 5.41) is 10.4. The highest BCUT2D eigenvalue weighted by molar-refractivity contribution is 4.91. The van der Waals surface area contributed by atoms with Gasteiger partial charge in [-0.25, -0.2) is 0 Å². The van der Waals surface area contributed by atoms with Crippen molar-refractivity contribution in [3.05, 3.63) is 0 Å². The maximum Gasteiger partial charge on any atom is 0.0622 e. The summed E-state index contributed by atoms with van der Waals surface area (Å²) < 4.78 is 5.08. The van der Waals surface area contributed by atoms with Gasteiger partial charge in [0.05, 0.1) is 6.10 Å². The first-order chi connectivity index (χ1) is 7.16. The second kappa shape index (κ2) is 5.86. The predicted octanol–water partition coefficient (Wildman–Crippen LogP) is 2.99. The Bertz CT molecular complexity index is 173. The van der Waals surface area contributed by atoms with E-state index >= 15 is 0 Å². The third-order valence-corrected chi connectivity index (χ3v) is 4.25. The van der Waals surface area contributed by atoms with Crippen LogP contribution in [0.5, 0.6) is 0 Å². The van der Waals surface area contributed by atoms with Gasteiger partial charge < -0.3 is 9.84 Å². The molecule has 0 heterocycles. The van der Waals surface area contributed by atoms with Gasteiger partial charge in [-0.05, 0) is 37.0 Å². The van der Waals surface area contributed by atoms with Crippen LogP contribution < -0.4 is 0 Å². The zero-order chi connectivity index (χ0) is 11.3. The quantitative estimate of drug-likeness (QED) is 0.736. The van der Waals surface area contributed by atoms with Crippen LogP contribution in [0.1, 0.15) is 52.4 Å². The molecule has 1 fully saturated rings. The van der Waals surface area contributed by atoms with Crippen molar-refractivity contribution in [1.82, 2.24) is 0 Å². The van der Waals surface area contributed by atoms with Crippen LogP contribution in [0.15, 0.2) is 0 Å². The van der Waals surface area contributed by atoms with Gasteiger partial charge in [-0.2, -0.15) is 0 Å². The standard InChI is InChI=1S/C13H26O2/c1-4-13(8-5-6-9-13)12(14)11(2)7-10-15-3/h11-12,14H,4-10H2,1-3H3. The minimum atomic E-state index is -0.139. The van der Waals surface area contributed by atoms with E-state index in [0.29, 0.717) is 5.92 Å². The third-order valence-electron chi connectivity index (χ3n) is 4.25. The molecule has 0 aromatic carbocycles. The molecule has 90 valence electrons. The molecule has 1 rings (SSSR count). The number of rotatable bonds is 6. The molecule has 1 aliphatic rings. The Morgan fingerprint density at radius 1 is 1.33 bits per heavy atom. The Morgan fingerprint density at radius 2 is 1.93 bits per heavy atom. The molecule has 15 heavy (non-hydrogen) atoms. The lowest BCUT2D eigenvalue weighted by Crippen LogP contribution is -2.37. The Balaban J connectivity index is 2.51. The zero-order valence-corrected chi connectivity index (χ0v) is 10.5. The van der Waals surface area contributed by atoms with Crippen LogP contribution in [0.4, 0.5) is 0 Å². The number of ether oxygens (including phenoxy) is 1. The van der Waals surface area contributed by atoms with Crippen molar-refractivity contribution >= 4 is 0 Å². The maximum atomic E-state index is 10.4. The summed E-state index contributed by atoms with van der Waals surface area (Å²) in [5.41, 5.74) is 0.215. The summed E-state index contributed by atoms with van der Waals surface area (Å²) in [4.78, 5) is 0. The minimum absolute atomic E-state index is 0.139. The third kappa shape index (κ3) is 2.94. The van der Waals surface area contributed by atoms with Crippen molar-refractivity contribution in [2.45, 2.75) is 58.5 Å². The van der Waals surface area contributed by atoms with Crippen LogP contribution in [-0.4, -0.2) is 24.9 Å². The van der Waals surface area contributed by atoms with E-state index in [1.54, 1.807) is 7.11 Å². The number of methoxy groups -OCH3 is 1. The molecule has 2 unspecified atom stereocenters. The Hall–Kier alpha value is -0.0800. The first-order valence-corrected chi connectivity index (χ1v) is 6.33. The van der Waals surface area contributed by atoms with E-state index in [9.17, 15) is 5.11 Å². The van der Waals surface area contributed by atoms with Crippen molar-refractivity contribution in [3.8, 4) is 0 Å². The summed E-state index contributed by atoms with van der Waals surface area (Å²) in [6, 6.07) is 0. The first kappa shape index (κ1) is 13.0. The largest absolute Gasteiger partial charge is 0.392 e. The Morgan fingerprint density at radius 3 is 2.40 bits per heavy atom. The van der Waals surface area contributed by atoms with E-state index in [0.717, 1.165) is 19.4 Å². The van der Waals surface area contributed by atoms with E-state index in [2.05, 4.69) is 13.8 Å². The fraction of sp³-hybridized carbons (Fsp3) is 1.00. The molecule has 1 saturated carbocycles. The normalized spacial score (nSPS) is 24.0. The van der Waals surface area contributed by atoms with E-state index in [1.165, 1.54) is 25.7 Å². The molecule has 0 saturated heterocycles. The van der Waals surface area contributed by atoms with Crippen LogP contribution in [0.25, 0.3) is 0 Å². The lowest BCUT2D eigenvalue weighted by molar-refractivity contribution is -0.0222. The molecule has 2 atom stereocenters. The van der Waals surface area contributed by atoms with Gasteiger partial charge >= 0.3 is 0 Å². The first-order valence-electron chi connectivity index (χ1n) is 6.33. The lowest BCUT2D eigenvalue weighted by Gasteiger charge is -2.37. The van der Waals surface area contributed by atoms with Gasteiger partial charge in [-0.3, -0.25) is 0 Å². The summed E-state index contributed by atoms with van der Waals surface area (Å²) in [7, 11) is 1.73. The highest BCUT2D eigenvalue weighted by Gasteiger charge is 2.40. The smallest absolute Gasteiger partial charge is 0.0622 e. The van der Waals surface area contributed by atoms with E-state index in [-0.39, 0.29) is 11.5 Å². The average molecular weight is 214 g/mol. The fourth-order valence-corrected chi connectivity index (χ4v) is 3.00. The van der Waals surface area contributed by atoms with Gasteiger partial charge in [0.1, 0.15) is 0 Å². The summed E-state index contributed by atoms with van der Waals surface area (Å²) >= 11 is 0. The summed E-state index contributed by atoms with van der Waals surface area (Å²) in [5.74, 6) is 0.364. The van der Waals surface area contributed by atoms with Crippen molar-refractivity contribution in [2.24, 2.45) is 11.3 Å². The van der Waals surface area contributed by atoms with Crippen LogP contribution in [0.3, 0.4) is 0 Å². The van der Waals surface area contributed by atoms with Gasteiger partial charge in [0.2, 0.25) is 0 Å². The number of aliphatic hydroxyl groups is 1. The highest BCUT2D eigenvalue weighted by Crippen LogP contribution is 2.46. The van der Waals surface area contributed by atoms with Crippen LogP contribution >= 0.6 is 0 Å². The maximum absolute atomic E-state index is 10.4. The second-order valence-electron chi connectivity index (χ2n) is 5.13. The van der Waals surface area contributed by atoms with Gasteiger partial charge in [0.25, 0.3) is 0 Å².